The Morgan fingerprint density at radius 3 is 2.71 bits per heavy atom. The number of nitrogens with two attached hydrogens (primary N) is 1. The molecule has 0 amide bonds. The monoisotopic (exact) mass is 232 g/mol. The average molecular weight is 232 g/mol. The second-order valence-corrected chi connectivity index (χ2v) is 3.90. The van der Waals surface area contributed by atoms with Crippen LogP contribution < -0.4 is 5.73 Å². The molecule has 2 nitrogen and oxygen atoms in total. The maximum absolute atomic E-state index is 13.7. The van der Waals surface area contributed by atoms with Gasteiger partial charge in [0.2, 0.25) is 0 Å². The topological polar surface area (TPSA) is 49.8 Å². The quantitative estimate of drug-likeness (QED) is 0.757. The standard InChI is InChI=1S/C13H10F2N2/c14-12-4-2-1-3-10(12)11-7-13(15,17)6-5-9(11)8-16/h1-5,7H,6,17H2. The lowest BCUT2D eigenvalue weighted by atomic mass is 9.89. The number of nitriles is 1. The van der Waals surface area contributed by atoms with Crippen LogP contribution in [0.15, 0.2) is 42.0 Å². The van der Waals surface area contributed by atoms with E-state index in [2.05, 4.69) is 0 Å². The minimum atomic E-state index is -2.03. The summed E-state index contributed by atoms with van der Waals surface area (Å²) in [6, 6.07) is 7.83. The fourth-order valence-electron chi connectivity index (χ4n) is 1.75. The summed E-state index contributed by atoms with van der Waals surface area (Å²) >= 11 is 0. The second-order valence-electron chi connectivity index (χ2n) is 3.90. The van der Waals surface area contributed by atoms with Gasteiger partial charge < -0.3 is 0 Å². The number of benzene rings is 1. The van der Waals surface area contributed by atoms with Crippen LogP contribution in [0.4, 0.5) is 8.78 Å². The van der Waals surface area contributed by atoms with Gasteiger partial charge in [0.15, 0.2) is 5.79 Å². The summed E-state index contributed by atoms with van der Waals surface area (Å²) in [5, 5.41) is 8.94. The molecule has 1 aromatic rings. The molecule has 0 radical (unpaired) electrons. The summed E-state index contributed by atoms with van der Waals surface area (Å²) in [6.45, 7) is 0. The van der Waals surface area contributed by atoms with Crippen molar-refractivity contribution in [2.75, 3.05) is 0 Å². The third-order valence-corrected chi connectivity index (χ3v) is 2.58. The van der Waals surface area contributed by atoms with Crippen molar-refractivity contribution < 1.29 is 8.78 Å². The number of hydrogen-bond acceptors (Lipinski definition) is 2. The summed E-state index contributed by atoms with van der Waals surface area (Å²) in [5.41, 5.74) is 5.99. The van der Waals surface area contributed by atoms with E-state index in [1.807, 2.05) is 6.07 Å². The van der Waals surface area contributed by atoms with E-state index in [1.54, 1.807) is 6.07 Å². The molecular formula is C13H10F2N2. The normalized spacial score (nSPS) is 23.6. The zero-order valence-corrected chi connectivity index (χ0v) is 8.95. The van der Waals surface area contributed by atoms with E-state index in [4.69, 9.17) is 11.0 Å². The first-order valence-corrected chi connectivity index (χ1v) is 5.10. The highest BCUT2D eigenvalue weighted by atomic mass is 19.1. The molecule has 0 fully saturated rings. The summed E-state index contributed by atoms with van der Waals surface area (Å²) < 4.78 is 27.3. The Hall–Kier alpha value is -1.99. The molecule has 0 saturated heterocycles. The van der Waals surface area contributed by atoms with E-state index < -0.39 is 11.6 Å². The van der Waals surface area contributed by atoms with Crippen LogP contribution in [0.5, 0.6) is 0 Å². The molecule has 1 unspecified atom stereocenters. The molecule has 2 N–H and O–H groups in total. The van der Waals surface area contributed by atoms with E-state index in [9.17, 15) is 8.78 Å². The Morgan fingerprint density at radius 2 is 2.06 bits per heavy atom. The van der Waals surface area contributed by atoms with E-state index in [0.717, 1.165) is 6.08 Å². The Kier molecular flexibility index (Phi) is 2.78. The molecule has 17 heavy (non-hydrogen) atoms. The molecule has 1 atom stereocenters. The fraction of sp³-hybridized carbons (Fsp3) is 0.154. The molecule has 2 rings (SSSR count). The third kappa shape index (κ3) is 2.24. The van der Waals surface area contributed by atoms with Crippen molar-refractivity contribution in [3.8, 4) is 6.07 Å². The van der Waals surface area contributed by atoms with Gasteiger partial charge in [-0.3, -0.25) is 5.73 Å². The van der Waals surface area contributed by atoms with Gasteiger partial charge in [-0.1, -0.05) is 24.3 Å². The number of nitrogens with zero attached hydrogens (tertiary/aromatic N) is 1. The summed E-state index contributed by atoms with van der Waals surface area (Å²) in [5.74, 6) is -2.53. The zero-order valence-electron chi connectivity index (χ0n) is 8.95. The van der Waals surface area contributed by atoms with Crippen molar-refractivity contribution in [3.05, 3.63) is 53.4 Å². The lowest BCUT2D eigenvalue weighted by Gasteiger charge is -2.21. The van der Waals surface area contributed by atoms with Crippen molar-refractivity contribution in [1.29, 1.82) is 5.26 Å². The van der Waals surface area contributed by atoms with Crippen molar-refractivity contribution in [2.24, 2.45) is 5.73 Å². The molecule has 86 valence electrons. The molecule has 1 aromatic carbocycles. The fourth-order valence-corrected chi connectivity index (χ4v) is 1.75. The minimum absolute atomic E-state index is 0.0755. The van der Waals surface area contributed by atoms with Gasteiger partial charge in [0.05, 0.1) is 11.6 Å². The molecular weight excluding hydrogens is 222 g/mol. The van der Waals surface area contributed by atoms with Crippen LogP contribution in [0.2, 0.25) is 0 Å². The van der Waals surface area contributed by atoms with Crippen molar-refractivity contribution >= 4 is 5.57 Å². The SMILES string of the molecule is N#CC1=CCC(N)(F)C=C1c1ccccc1F. The Balaban J connectivity index is 2.56. The van der Waals surface area contributed by atoms with Crippen LogP contribution in [-0.2, 0) is 0 Å². The van der Waals surface area contributed by atoms with Gasteiger partial charge in [-0.25, -0.2) is 8.78 Å². The molecule has 0 bridgehead atoms. The van der Waals surface area contributed by atoms with E-state index in [0.29, 0.717) is 0 Å². The highest BCUT2D eigenvalue weighted by molar-refractivity contribution is 5.84. The van der Waals surface area contributed by atoms with Crippen molar-refractivity contribution in [1.82, 2.24) is 0 Å². The molecule has 0 aliphatic heterocycles. The van der Waals surface area contributed by atoms with Crippen LogP contribution in [-0.4, -0.2) is 5.79 Å². The van der Waals surface area contributed by atoms with Crippen LogP contribution in [0.1, 0.15) is 12.0 Å². The van der Waals surface area contributed by atoms with Crippen molar-refractivity contribution in [3.63, 3.8) is 0 Å². The maximum Gasteiger partial charge on any atom is 0.182 e. The third-order valence-electron chi connectivity index (χ3n) is 2.58. The van der Waals surface area contributed by atoms with Crippen LogP contribution >= 0.6 is 0 Å². The largest absolute Gasteiger partial charge is 0.296 e. The van der Waals surface area contributed by atoms with Crippen molar-refractivity contribution in [2.45, 2.75) is 12.2 Å². The molecule has 1 aliphatic rings. The second kappa shape index (κ2) is 4.11. The van der Waals surface area contributed by atoms with Gasteiger partial charge in [-0.05, 0) is 12.1 Å². The number of allylic oxidation sites excluding steroid dienone is 2. The lowest BCUT2D eigenvalue weighted by molar-refractivity contribution is 0.242. The lowest BCUT2D eigenvalue weighted by Crippen LogP contribution is -2.33. The Morgan fingerprint density at radius 1 is 1.35 bits per heavy atom. The van der Waals surface area contributed by atoms with Gasteiger partial charge >= 0.3 is 0 Å². The highest BCUT2D eigenvalue weighted by Gasteiger charge is 2.27. The molecule has 0 saturated carbocycles. The smallest absolute Gasteiger partial charge is 0.182 e. The van der Waals surface area contributed by atoms with Gasteiger partial charge in [0.25, 0.3) is 0 Å². The zero-order chi connectivity index (χ0) is 12.5. The maximum atomic E-state index is 13.7. The van der Waals surface area contributed by atoms with E-state index in [-0.39, 0.29) is 23.1 Å². The first-order valence-electron chi connectivity index (χ1n) is 5.10. The van der Waals surface area contributed by atoms with Gasteiger partial charge in [-0.15, -0.1) is 0 Å². The van der Waals surface area contributed by atoms with Gasteiger partial charge in [-0.2, -0.15) is 5.26 Å². The summed E-state index contributed by atoms with van der Waals surface area (Å²) in [6.07, 6.45) is 2.42. The van der Waals surface area contributed by atoms with Crippen LogP contribution in [0.25, 0.3) is 5.57 Å². The Bertz CT molecular complexity index is 551. The molecule has 1 aliphatic carbocycles. The highest BCUT2D eigenvalue weighted by Crippen LogP contribution is 2.33. The molecule has 0 spiro atoms. The van der Waals surface area contributed by atoms with Crippen LogP contribution in [0, 0.1) is 17.1 Å². The summed E-state index contributed by atoms with van der Waals surface area (Å²) in [4.78, 5) is 0. The van der Waals surface area contributed by atoms with Crippen LogP contribution in [0.3, 0.4) is 0 Å². The number of rotatable bonds is 1. The first-order chi connectivity index (χ1) is 8.03. The number of alkyl halides is 1. The predicted molar refractivity (Wildman–Crippen MR) is 60.7 cm³/mol. The first kappa shape index (κ1) is 11.5. The number of hydrogen-bond donors (Lipinski definition) is 1. The molecule has 0 aromatic heterocycles. The molecule has 4 heteroatoms. The van der Waals surface area contributed by atoms with E-state index in [1.165, 1.54) is 24.3 Å². The average Bonchev–Trinajstić information content (AvgIpc) is 2.28. The number of halogens is 2. The predicted octanol–water partition coefficient (Wildman–Crippen LogP) is 2.69. The van der Waals surface area contributed by atoms with Gasteiger partial charge in [0.1, 0.15) is 5.82 Å². The minimum Gasteiger partial charge on any atom is -0.296 e. The molecule has 0 heterocycles. The van der Waals surface area contributed by atoms with E-state index >= 15 is 0 Å². The summed E-state index contributed by atoms with van der Waals surface area (Å²) in [7, 11) is 0. The van der Waals surface area contributed by atoms with Gasteiger partial charge in [0, 0.05) is 17.6 Å². The Labute approximate surface area is 97.7 Å².